The fourth-order valence-corrected chi connectivity index (χ4v) is 0.863. The molecule has 0 aromatic carbocycles. The Morgan fingerprint density at radius 1 is 1.67 bits per heavy atom. The van der Waals surface area contributed by atoms with Gasteiger partial charge in [0.05, 0.1) is 0 Å². The first-order valence-corrected chi connectivity index (χ1v) is 3.31. The summed E-state index contributed by atoms with van der Waals surface area (Å²) >= 11 is 1.30. The molecule has 0 aliphatic carbocycles. The third kappa shape index (κ3) is 4.27. The van der Waals surface area contributed by atoms with Gasteiger partial charge in [-0.25, -0.2) is 0 Å². The van der Waals surface area contributed by atoms with Gasteiger partial charge in [0.15, 0.2) is 0 Å². The van der Waals surface area contributed by atoms with Crippen molar-refractivity contribution in [3.63, 3.8) is 0 Å². The molecule has 0 saturated heterocycles. The van der Waals surface area contributed by atoms with E-state index in [4.69, 9.17) is 0 Å². The molecule has 2 heteroatoms. The van der Waals surface area contributed by atoms with Gasteiger partial charge in [0.1, 0.15) is 0 Å². The van der Waals surface area contributed by atoms with E-state index in [0.717, 1.165) is 0 Å². The van der Waals surface area contributed by atoms with Crippen molar-refractivity contribution in [3.8, 4) is 0 Å². The monoisotopic (exact) mass is 253 g/mol. The number of aliphatic imine (C=N–C) groups is 1. The summed E-state index contributed by atoms with van der Waals surface area (Å²) in [6, 6.07) is 0.433. The molecule has 0 aromatic rings. The van der Waals surface area contributed by atoms with Gasteiger partial charge in [-0.3, -0.25) is 0 Å². The molecule has 0 heterocycles. The third-order valence-corrected chi connectivity index (χ3v) is 0.690. The molecule has 0 N–H and O–H groups in total. The van der Waals surface area contributed by atoms with Crippen LogP contribution >= 0.6 is 0 Å². The van der Waals surface area contributed by atoms with Crippen LogP contribution in [0.4, 0.5) is 0 Å². The molecular formula is C4H7NW. The van der Waals surface area contributed by atoms with Crippen LogP contribution in [0.3, 0.4) is 0 Å². The minimum atomic E-state index is 0.433. The normalized spacial score (nSPS) is 7.83. The van der Waals surface area contributed by atoms with Gasteiger partial charge in [-0.15, -0.1) is 0 Å². The zero-order valence-electron chi connectivity index (χ0n) is 3.93. The van der Waals surface area contributed by atoms with E-state index < -0.39 is 0 Å². The van der Waals surface area contributed by atoms with Crippen LogP contribution in [0.5, 0.6) is 0 Å². The van der Waals surface area contributed by atoms with Crippen LogP contribution in [0.2, 0.25) is 0 Å². The van der Waals surface area contributed by atoms with E-state index in [0.29, 0.717) is 6.04 Å². The molecule has 0 rings (SSSR count). The maximum absolute atomic E-state index is 3.91. The van der Waals surface area contributed by atoms with Crippen molar-refractivity contribution in [3.05, 3.63) is 0 Å². The van der Waals surface area contributed by atoms with Gasteiger partial charge in [-0.1, -0.05) is 0 Å². The fraction of sp³-hybridized carbons (Fsp3) is 0.750. The molecule has 0 aromatic heterocycles. The molecule has 0 spiro atoms. The van der Waals surface area contributed by atoms with Crippen LogP contribution in [0, 0.1) is 0 Å². The summed E-state index contributed by atoms with van der Waals surface area (Å²) < 4.78 is 2.78. The van der Waals surface area contributed by atoms with Crippen molar-refractivity contribution in [2.24, 2.45) is 4.99 Å². The Balaban J connectivity index is 3.29. The predicted octanol–water partition coefficient (Wildman–Crippen LogP) is 0.847. The SMILES string of the molecule is CC(C)N=[C]=[W]. The molecule has 0 amide bonds. The molecule has 0 unspecified atom stereocenters. The molecule has 0 atom stereocenters. The Labute approximate surface area is 48.9 Å². The van der Waals surface area contributed by atoms with Crippen molar-refractivity contribution in [2.45, 2.75) is 19.9 Å². The maximum atomic E-state index is 3.91. The van der Waals surface area contributed by atoms with Crippen LogP contribution in [-0.2, 0) is 19.4 Å². The molecule has 0 radical (unpaired) electrons. The fourth-order valence-electron chi connectivity index (χ4n) is 0.105. The van der Waals surface area contributed by atoms with E-state index in [-0.39, 0.29) is 0 Å². The van der Waals surface area contributed by atoms with E-state index >= 15 is 0 Å². The molecule has 0 aliphatic rings. The van der Waals surface area contributed by atoms with E-state index in [1.54, 1.807) is 0 Å². The van der Waals surface area contributed by atoms with Crippen molar-refractivity contribution < 1.29 is 19.4 Å². The molecule has 0 fully saturated rings. The van der Waals surface area contributed by atoms with Crippen molar-refractivity contribution in [2.75, 3.05) is 0 Å². The Bertz CT molecular complexity index is 71.6. The Morgan fingerprint density at radius 2 is 2.17 bits per heavy atom. The average Bonchev–Trinajstić information content (AvgIpc) is 1.35. The first-order chi connectivity index (χ1) is 2.77. The summed E-state index contributed by atoms with van der Waals surface area (Å²) in [6.07, 6.45) is 0. The van der Waals surface area contributed by atoms with Crippen LogP contribution < -0.4 is 0 Å². The molecule has 1 nitrogen and oxygen atoms in total. The molecule has 0 saturated carbocycles. The Hall–Kier alpha value is 0.268. The number of rotatable bonds is 1. The van der Waals surface area contributed by atoms with Crippen molar-refractivity contribution in [1.29, 1.82) is 0 Å². The van der Waals surface area contributed by atoms with Gasteiger partial charge in [0.2, 0.25) is 0 Å². The zero-order chi connectivity index (χ0) is 4.99. The van der Waals surface area contributed by atoms with Crippen molar-refractivity contribution >= 4 is 4.19 Å². The number of hydrogen-bond acceptors (Lipinski definition) is 1. The topological polar surface area (TPSA) is 12.4 Å². The van der Waals surface area contributed by atoms with Crippen LogP contribution in [0.1, 0.15) is 13.8 Å². The first-order valence-electron chi connectivity index (χ1n) is 1.84. The minimum absolute atomic E-state index is 0.433. The van der Waals surface area contributed by atoms with E-state index in [1.807, 2.05) is 13.8 Å². The molecule has 0 bridgehead atoms. The predicted molar refractivity (Wildman–Crippen MR) is 22.6 cm³/mol. The average molecular weight is 253 g/mol. The summed E-state index contributed by atoms with van der Waals surface area (Å²) in [6.45, 7) is 4.08. The summed E-state index contributed by atoms with van der Waals surface area (Å²) in [5, 5.41) is 0. The second-order valence-electron chi connectivity index (χ2n) is 1.31. The van der Waals surface area contributed by atoms with Gasteiger partial charge in [0.25, 0.3) is 0 Å². The second-order valence-corrected chi connectivity index (χ2v) is 1.97. The van der Waals surface area contributed by atoms with Crippen molar-refractivity contribution in [1.82, 2.24) is 0 Å². The van der Waals surface area contributed by atoms with Crippen LogP contribution in [-0.4, -0.2) is 10.2 Å². The molecule has 0 aliphatic heterocycles. The van der Waals surface area contributed by atoms with Gasteiger partial charge in [-0.05, 0) is 0 Å². The summed E-state index contributed by atoms with van der Waals surface area (Å²) in [4.78, 5) is 3.91. The third-order valence-electron chi connectivity index (χ3n) is 0.311. The Morgan fingerprint density at radius 3 is 2.17 bits per heavy atom. The molecular weight excluding hydrogens is 246 g/mol. The number of hydrogen-bond donors (Lipinski definition) is 0. The molecule has 6 heavy (non-hydrogen) atoms. The standard InChI is InChI=1S/C4H7N.W/c1-4(2)5-3;/h4H,1-2H3;. The second kappa shape index (κ2) is 3.46. The number of nitrogens with zero attached hydrogens (tertiary/aromatic N) is 1. The van der Waals surface area contributed by atoms with E-state index in [9.17, 15) is 0 Å². The van der Waals surface area contributed by atoms with E-state index in [1.165, 1.54) is 19.4 Å². The van der Waals surface area contributed by atoms with Crippen LogP contribution in [0.25, 0.3) is 0 Å². The zero-order valence-corrected chi connectivity index (χ0v) is 6.87. The van der Waals surface area contributed by atoms with E-state index in [2.05, 4.69) is 9.19 Å². The summed E-state index contributed by atoms with van der Waals surface area (Å²) in [5.41, 5.74) is 0. The quantitative estimate of drug-likeness (QED) is 0.614. The Kier molecular flexibility index (Phi) is 3.61. The van der Waals surface area contributed by atoms with Gasteiger partial charge in [0, 0.05) is 0 Å². The summed E-state index contributed by atoms with van der Waals surface area (Å²) in [7, 11) is 0. The van der Waals surface area contributed by atoms with Gasteiger partial charge < -0.3 is 0 Å². The summed E-state index contributed by atoms with van der Waals surface area (Å²) in [5.74, 6) is 0. The van der Waals surface area contributed by atoms with Crippen LogP contribution in [0.15, 0.2) is 4.99 Å². The van der Waals surface area contributed by atoms with Gasteiger partial charge >= 0.3 is 48.4 Å². The molecule has 34 valence electrons. The van der Waals surface area contributed by atoms with Gasteiger partial charge in [-0.2, -0.15) is 0 Å². The first kappa shape index (κ1) is 6.27.